The fourth-order valence-corrected chi connectivity index (χ4v) is 3.55. The van der Waals surface area contributed by atoms with Crippen LogP contribution in [-0.2, 0) is 32.0 Å². The number of hydrogen-bond acceptors (Lipinski definition) is 4. The van der Waals surface area contributed by atoms with Crippen LogP contribution in [0.2, 0.25) is 0 Å². The summed E-state index contributed by atoms with van der Waals surface area (Å²) in [5.41, 5.74) is 3.37. The second-order valence-corrected chi connectivity index (χ2v) is 6.25. The highest BCUT2D eigenvalue weighted by molar-refractivity contribution is 6.24. The first-order valence-electron chi connectivity index (χ1n) is 7.66. The molecule has 2 bridgehead atoms. The first-order chi connectivity index (χ1) is 11.5. The average Bonchev–Trinajstić information content (AvgIpc) is 2.94. The Labute approximate surface area is 137 Å². The molecule has 0 saturated carbocycles. The van der Waals surface area contributed by atoms with Crippen molar-refractivity contribution < 1.29 is 19.2 Å². The van der Waals surface area contributed by atoms with Crippen molar-refractivity contribution in [3.8, 4) is 0 Å². The molecule has 1 aromatic rings. The molecule has 1 saturated heterocycles. The monoisotopic (exact) mass is 322 g/mol. The van der Waals surface area contributed by atoms with Gasteiger partial charge >= 0.3 is 0 Å². The standard InChI is InChI=1S/C18H14N2O4/c1-9-5-13(21)20(18(9)24)15-14(16(22)19-17(15)23)12-7-10-3-2-4-11(6-10)8-12/h2-6,15H,7-8H2,1H3,(H,19,22,23). The summed E-state index contributed by atoms with van der Waals surface area (Å²) in [4.78, 5) is 49.9. The molecular weight excluding hydrogens is 308 g/mol. The van der Waals surface area contributed by atoms with Crippen molar-refractivity contribution in [2.24, 2.45) is 0 Å². The van der Waals surface area contributed by atoms with Gasteiger partial charge in [0.25, 0.3) is 23.6 Å². The van der Waals surface area contributed by atoms with E-state index in [1.807, 2.05) is 24.3 Å². The summed E-state index contributed by atoms with van der Waals surface area (Å²) in [5.74, 6) is -2.22. The Balaban J connectivity index is 1.80. The lowest BCUT2D eigenvalue weighted by molar-refractivity contribution is -0.143. The number of nitrogens with zero attached hydrogens (tertiary/aromatic N) is 1. The van der Waals surface area contributed by atoms with Crippen LogP contribution < -0.4 is 5.32 Å². The van der Waals surface area contributed by atoms with E-state index in [0.717, 1.165) is 21.6 Å². The van der Waals surface area contributed by atoms with E-state index in [1.165, 1.54) is 13.0 Å². The van der Waals surface area contributed by atoms with Gasteiger partial charge in [0.15, 0.2) is 0 Å². The molecule has 4 rings (SSSR count). The van der Waals surface area contributed by atoms with E-state index >= 15 is 0 Å². The van der Waals surface area contributed by atoms with Crippen LogP contribution in [0.3, 0.4) is 0 Å². The van der Waals surface area contributed by atoms with Crippen LogP contribution in [0.5, 0.6) is 0 Å². The Hall–Kier alpha value is -3.02. The van der Waals surface area contributed by atoms with Gasteiger partial charge in [0, 0.05) is 17.2 Å². The minimum absolute atomic E-state index is 0.233. The molecule has 1 aliphatic carbocycles. The number of imide groups is 2. The topological polar surface area (TPSA) is 83.6 Å². The maximum Gasteiger partial charge on any atom is 0.257 e. The van der Waals surface area contributed by atoms with E-state index in [9.17, 15) is 19.2 Å². The molecule has 3 aliphatic rings. The van der Waals surface area contributed by atoms with Gasteiger partial charge in [-0.3, -0.25) is 29.4 Å². The third-order valence-electron chi connectivity index (χ3n) is 4.60. The normalized spacial score (nSPS) is 23.1. The van der Waals surface area contributed by atoms with Gasteiger partial charge in [0.2, 0.25) is 0 Å². The van der Waals surface area contributed by atoms with Crippen molar-refractivity contribution in [1.82, 2.24) is 10.2 Å². The van der Waals surface area contributed by atoms with Crippen LogP contribution in [0.4, 0.5) is 0 Å². The molecule has 0 aromatic heterocycles. The second kappa shape index (κ2) is 4.99. The highest BCUT2D eigenvalue weighted by Crippen LogP contribution is 2.31. The van der Waals surface area contributed by atoms with Crippen LogP contribution in [0.15, 0.2) is 47.1 Å². The summed E-state index contributed by atoms with van der Waals surface area (Å²) >= 11 is 0. The fraction of sp³-hybridized carbons (Fsp3) is 0.222. The summed E-state index contributed by atoms with van der Waals surface area (Å²) in [7, 11) is 0. The van der Waals surface area contributed by atoms with Crippen molar-refractivity contribution in [3.05, 3.63) is 58.2 Å². The fourth-order valence-electron chi connectivity index (χ4n) is 3.55. The third-order valence-corrected chi connectivity index (χ3v) is 4.60. The number of carbonyl (C=O) groups is 4. The number of amides is 4. The molecule has 6 nitrogen and oxygen atoms in total. The minimum atomic E-state index is -1.18. The van der Waals surface area contributed by atoms with Gasteiger partial charge in [0.05, 0.1) is 0 Å². The first-order valence-corrected chi connectivity index (χ1v) is 7.66. The Morgan fingerprint density at radius 2 is 1.75 bits per heavy atom. The van der Waals surface area contributed by atoms with Gasteiger partial charge in [-0.2, -0.15) is 0 Å². The van der Waals surface area contributed by atoms with Gasteiger partial charge in [-0.15, -0.1) is 0 Å². The van der Waals surface area contributed by atoms with Crippen LogP contribution in [-0.4, -0.2) is 34.6 Å². The quantitative estimate of drug-likeness (QED) is 0.600. The molecule has 1 atom stereocenters. The largest absolute Gasteiger partial charge is 0.290 e. The van der Waals surface area contributed by atoms with Gasteiger partial charge in [-0.25, -0.2) is 0 Å². The molecule has 6 heteroatoms. The Bertz CT molecular complexity index is 871. The highest BCUT2D eigenvalue weighted by atomic mass is 16.2. The zero-order chi connectivity index (χ0) is 17.0. The van der Waals surface area contributed by atoms with Crippen LogP contribution in [0, 0.1) is 0 Å². The number of benzene rings is 1. The van der Waals surface area contributed by atoms with Crippen LogP contribution in [0.1, 0.15) is 18.1 Å². The summed E-state index contributed by atoms with van der Waals surface area (Å²) < 4.78 is 0. The molecule has 2 heterocycles. The number of hydrogen-bond donors (Lipinski definition) is 1. The third kappa shape index (κ3) is 2.03. The summed E-state index contributed by atoms with van der Waals surface area (Å²) in [5, 5.41) is 2.25. The highest BCUT2D eigenvalue weighted by Gasteiger charge is 2.48. The molecule has 1 N–H and O–H groups in total. The number of nitrogens with one attached hydrogen (secondary N) is 1. The molecule has 0 radical (unpaired) electrons. The molecule has 24 heavy (non-hydrogen) atoms. The Kier molecular flexibility index (Phi) is 3.03. The van der Waals surface area contributed by atoms with E-state index < -0.39 is 29.7 Å². The van der Waals surface area contributed by atoms with E-state index in [4.69, 9.17) is 0 Å². The predicted molar refractivity (Wildman–Crippen MR) is 83.4 cm³/mol. The van der Waals surface area contributed by atoms with Gasteiger partial charge in [-0.1, -0.05) is 29.8 Å². The summed E-state index contributed by atoms with van der Waals surface area (Å²) in [6.45, 7) is 1.52. The van der Waals surface area contributed by atoms with E-state index in [-0.39, 0.29) is 11.1 Å². The van der Waals surface area contributed by atoms with Crippen molar-refractivity contribution in [2.75, 3.05) is 0 Å². The van der Waals surface area contributed by atoms with Gasteiger partial charge < -0.3 is 0 Å². The molecule has 0 spiro atoms. The van der Waals surface area contributed by atoms with Crippen LogP contribution in [0.25, 0.3) is 0 Å². The molecule has 1 fully saturated rings. The maximum absolute atomic E-state index is 12.4. The zero-order valence-electron chi connectivity index (χ0n) is 13.0. The number of carbonyl (C=O) groups excluding carboxylic acids is 4. The zero-order valence-corrected chi connectivity index (χ0v) is 13.0. The number of fused-ring (bicyclic) bond motifs is 2. The molecule has 1 unspecified atom stereocenters. The Morgan fingerprint density at radius 3 is 2.33 bits per heavy atom. The Morgan fingerprint density at radius 1 is 1.08 bits per heavy atom. The molecule has 2 aliphatic heterocycles. The second-order valence-electron chi connectivity index (χ2n) is 6.25. The van der Waals surface area contributed by atoms with E-state index in [1.54, 1.807) is 0 Å². The van der Waals surface area contributed by atoms with Crippen molar-refractivity contribution in [2.45, 2.75) is 25.8 Å². The van der Waals surface area contributed by atoms with Crippen molar-refractivity contribution in [1.29, 1.82) is 0 Å². The molecular formula is C18H14N2O4. The van der Waals surface area contributed by atoms with E-state index in [0.29, 0.717) is 12.8 Å². The minimum Gasteiger partial charge on any atom is -0.290 e. The smallest absolute Gasteiger partial charge is 0.257 e. The van der Waals surface area contributed by atoms with Gasteiger partial charge in [0.1, 0.15) is 6.04 Å². The molecule has 1 aromatic carbocycles. The number of rotatable bonds is 1. The van der Waals surface area contributed by atoms with E-state index in [2.05, 4.69) is 5.32 Å². The maximum atomic E-state index is 12.4. The SMILES string of the molecule is CC1=CC(=O)N(C2C(=O)NC(=O)C2=C2Cc3cccc(c3)C2)C1=O. The first kappa shape index (κ1) is 14.6. The van der Waals surface area contributed by atoms with Crippen molar-refractivity contribution in [3.63, 3.8) is 0 Å². The molecule has 4 amide bonds. The molecule has 120 valence electrons. The number of allylic oxidation sites excluding steroid dienone is 1. The van der Waals surface area contributed by atoms with Crippen molar-refractivity contribution >= 4 is 23.6 Å². The lowest BCUT2D eigenvalue weighted by Gasteiger charge is -2.24. The average molecular weight is 322 g/mol. The van der Waals surface area contributed by atoms with Crippen LogP contribution >= 0.6 is 0 Å². The lowest BCUT2D eigenvalue weighted by atomic mass is 9.86. The predicted octanol–water partition coefficient (Wildman–Crippen LogP) is 0.422. The summed E-state index contributed by atoms with van der Waals surface area (Å²) in [6.07, 6.45) is 2.26. The summed E-state index contributed by atoms with van der Waals surface area (Å²) in [6, 6.07) is 6.72. The van der Waals surface area contributed by atoms with Gasteiger partial charge in [-0.05, 0) is 30.9 Å². The lowest BCUT2D eigenvalue weighted by Crippen LogP contribution is -2.45.